The van der Waals surface area contributed by atoms with Gasteiger partial charge in [0.1, 0.15) is 0 Å². The third-order valence-corrected chi connectivity index (χ3v) is 3.28. The van der Waals surface area contributed by atoms with E-state index in [2.05, 4.69) is 14.6 Å². The second kappa shape index (κ2) is 7.90. The highest BCUT2D eigenvalue weighted by molar-refractivity contribution is 5.68. The van der Waals surface area contributed by atoms with Gasteiger partial charge >= 0.3 is 30.0 Å². The Balaban J connectivity index is 2.38. The molecule has 13 heteroatoms. The summed E-state index contributed by atoms with van der Waals surface area (Å²) < 4.78 is 63.0. The first-order valence-electron chi connectivity index (χ1n) is 7.53. The summed E-state index contributed by atoms with van der Waals surface area (Å²) in [4.78, 5) is 34.1. The second-order valence-electron chi connectivity index (χ2n) is 5.49. The molecule has 0 N–H and O–H groups in total. The quantitative estimate of drug-likeness (QED) is 0.536. The first-order chi connectivity index (χ1) is 12.5. The van der Waals surface area contributed by atoms with E-state index in [1.165, 1.54) is 0 Å². The molecule has 1 fully saturated rings. The van der Waals surface area contributed by atoms with Gasteiger partial charge in [0.2, 0.25) is 5.89 Å². The van der Waals surface area contributed by atoms with E-state index in [4.69, 9.17) is 18.9 Å². The summed E-state index contributed by atoms with van der Waals surface area (Å²) in [7, 11) is 0. The maximum Gasteiger partial charge on any atom is 0.470 e. The molecule has 0 spiro atoms. The molecule has 150 valence electrons. The maximum absolute atomic E-state index is 12.7. The first-order valence-corrected chi connectivity index (χ1v) is 7.53. The van der Waals surface area contributed by atoms with Crippen LogP contribution in [0.2, 0.25) is 0 Å². The zero-order valence-electron chi connectivity index (χ0n) is 14.3. The van der Waals surface area contributed by atoms with Gasteiger partial charge in [0.25, 0.3) is 0 Å². The van der Waals surface area contributed by atoms with Crippen molar-refractivity contribution >= 4 is 17.9 Å². The summed E-state index contributed by atoms with van der Waals surface area (Å²) in [6.07, 6.45) is -10.4. The van der Waals surface area contributed by atoms with Crippen molar-refractivity contribution in [3.8, 4) is 0 Å². The van der Waals surface area contributed by atoms with Crippen molar-refractivity contribution in [3.63, 3.8) is 0 Å². The molecule has 0 radical (unpaired) electrons. The number of aromatic nitrogens is 2. The van der Waals surface area contributed by atoms with E-state index in [1.807, 2.05) is 0 Å². The lowest BCUT2D eigenvalue weighted by atomic mass is 9.99. The van der Waals surface area contributed by atoms with E-state index in [9.17, 15) is 27.6 Å². The normalized spacial score (nSPS) is 25.6. The number of hydrogen-bond acceptors (Lipinski definition) is 10. The van der Waals surface area contributed by atoms with Crippen molar-refractivity contribution in [1.82, 2.24) is 10.2 Å². The fourth-order valence-electron chi connectivity index (χ4n) is 2.42. The van der Waals surface area contributed by atoms with Gasteiger partial charge in [-0.15, -0.1) is 10.2 Å². The molecule has 1 aromatic rings. The van der Waals surface area contributed by atoms with E-state index in [1.54, 1.807) is 0 Å². The summed E-state index contributed by atoms with van der Waals surface area (Å²) in [6, 6.07) is 0. The predicted molar refractivity (Wildman–Crippen MR) is 74.7 cm³/mol. The third kappa shape index (κ3) is 5.15. The fraction of sp³-hybridized carbons (Fsp3) is 0.643. The van der Waals surface area contributed by atoms with Crippen LogP contribution in [0.4, 0.5) is 13.2 Å². The maximum atomic E-state index is 12.7. The highest BCUT2D eigenvalue weighted by Crippen LogP contribution is 2.36. The molecule has 0 aromatic carbocycles. The van der Waals surface area contributed by atoms with Gasteiger partial charge in [0.15, 0.2) is 24.4 Å². The van der Waals surface area contributed by atoms with Gasteiger partial charge in [-0.2, -0.15) is 13.2 Å². The Morgan fingerprint density at radius 1 is 0.963 bits per heavy atom. The van der Waals surface area contributed by atoms with Gasteiger partial charge in [-0.1, -0.05) is 0 Å². The molecule has 0 aliphatic carbocycles. The van der Waals surface area contributed by atoms with Crippen LogP contribution in [0.1, 0.15) is 38.7 Å². The lowest BCUT2D eigenvalue weighted by Crippen LogP contribution is -2.54. The number of halogens is 3. The molecule has 0 bridgehead atoms. The molecular formula is C14H15F3N2O8. The van der Waals surface area contributed by atoms with Gasteiger partial charge in [0.05, 0.1) is 6.61 Å². The minimum atomic E-state index is -4.90. The van der Waals surface area contributed by atoms with Crippen LogP contribution in [0, 0.1) is 0 Å². The van der Waals surface area contributed by atoms with Crippen LogP contribution < -0.4 is 0 Å². The molecule has 0 saturated carbocycles. The minimum absolute atomic E-state index is 0.385. The highest BCUT2D eigenvalue weighted by Gasteiger charge is 2.50. The second-order valence-corrected chi connectivity index (χ2v) is 5.49. The predicted octanol–water partition coefficient (Wildman–Crippen LogP) is 0.955. The van der Waals surface area contributed by atoms with Gasteiger partial charge in [0, 0.05) is 20.8 Å². The molecule has 4 atom stereocenters. The van der Waals surface area contributed by atoms with Gasteiger partial charge in [-0.3, -0.25) is 14.4 Å². The number of alkyl halides is 3. The molecule has 1 aliphatic heterocycles. The van der Waals surface area contributed by atoms with Crippen molar-refractivity contribution in [2.45, 2.75) is 51.4 Å². The van der Waals surface area contributed by atoms with Gasteiger partial charge < -0.3 is 23.4 Å². The fourth-order valence-corrected chi connectivity index (χ4v) is 2.42. The highest BCUT2D eigenvalue weighted by atomic mass is 19.4. The summed E-state index contributed by atoms with van der Waals surface area (Å²) in [5, 5.41) is 6.14. The number of rotatable bonds is 4. The largest absolute Gasteiger partial charge is 0.470 e. The monoisotopic (exact) mass is 396 g/mol. The summed E-state index contributed by atoms with van der Waals surface area (Å²) in [5.41, 5.74) is 0. The van der Waals surface area contributed by atoms with E-state index in [0.717, 1.165) is 20.8 Å². The smallest absolute Gasteiger partial charge is 0.456 e. The lowest BCUT2D eigenvalue weighted by Gasteiger charge is -2.39. The van der Waals surface area contributed by atoms with Crippen molar-refractivity contribution in [1.29, 1.82) is 0 Å². The van der Waals surface area contributed by atoms with Crippen molar-refractivity contribution in [2.24, 2.45) is 0 Å². The zero-order chi connectivity index (χ0) is 20.4. The molecule has 1 saturated heterocycles. The minimum Gasteiger partial charge on any atom is -0.456 e. The Labute approximate surface area is 149 Å². The van der Waals surface area contributed by atoms with Crippen molar-refractivity contribution < 1.29 is 50.9 Å². The van der Waals surface area contributed by atoms with Gasteiger partial charge in [-0.25, -0.2) is 0 Å². The number of esters is 3. The van der Waals surface area contributed by atoms with Crippen LogP contribution in [-0.4, -0.2) is 53.0 Å². The summed E-state index contributed by atoms with van der Waals surface area (Å²) >= 11 is 0. The van der Waals surface area contributed by atoms with E-state index in [-0.39, 0.29) is 6.61 Å². The Morgan fingerprint density at radius 3 is 2.00 bits per heavy atom. The number of ether oxygens (including phenoxy) is 4. The first kappa shape index (κ1) is 20.6. The van der Waals surface area contributed by atoms with Crippen LogP contribution in [0.15, 0.2) is 4.42 Å². The Kier molecular flexibility index (Phi) is 6.03. The topological polar surface area (TPSA) is 127 Å². The van der Waals surface area contributed by atoms with E-state index < -0.39 is 60.3 Å². The molecular weight excluding hydrogens is 381 g/mol. The van der Waals surface area contributed by atoms with Crippen LogP contribution in [0.3, 0.4) is 0 Å². The molecule has 1 aliphatic rings. The number of carbonyl (C=O) groups is 3. The molecule has 10 nitrogen and oxygen atoms in total. The average molecular weight is 396 g/mol. The number of carbonyl (C=O) groups excluding carboxylic acids is 3. The van der Waals surface area contributed by atoms with Crippen LogP contribution >= 0.6 is 0 Å². The Morgan fingerprint density at radius 2 is 1.52 bits per heavy atom. The molecule has 1 aromatic heterocycles. The van der Waals surface area contributed by atoms with Crippen molar-refractivity contribution in [2.75, 3.05) is 6.61 Å². The van der Waals surface area contributed by atoms with Crippen LogP contribution in [0.25, 0.3) is 0 Å². The third-order valence-electron chi connectivity index (χ3n) is 3.28. The molecule has 0 unspecified atom stereocenters. The molecule has 2 heterocycles. The zero-order valence-corrected chi connectivity index (χ0v) is 14.3. The molecule has 0 amide bonds. The summed E-state index contributed by atoms with van der Waals surface area (Å²) in [5.74, 6) is -4.68. The molecule has 2 rings (SSSR count). The standard InChI is InChI=1S/C14H15F3N2O8/c1-5(20)24-8-4-23-11(12-18-19-13(27-12)14(15,16)17)10(26-7(3)22)9(8)25-6(2)21/h8-11H,4H2,1-3H3/t8-,9+,10-,11-/m0/s1. The van der Waals surface area contributed by atoms with Crippen LogP contribution in [0.5, 0.6) is 0 Å². The van der Waals surface area contributed by atoms with Gasteiger partial charge in [-0.05, 0) is 0 Å². The Bertz CT molecular complexity index is 719. The Hall–Kier alpha value is -2.70. The number of hydrogen-bond donors (Lipinski definition) is 0. The SMILES string of the molecule is CC(=O)O[C@H]1[C@H](OC(C)=O)[C@@H](c2nnc(C(F)(F)F)o2)OC[C@@H]1OC(C)=O. The summed E-state index contributed by atoms with van der Waals surface area (Å²) in [6.45, 7) is 2.77. The average Bonchev–Trinajstić information content (AvgIpc) is 2.99. The number of nitrogens with zero attached hydrogens (tertiary/aromatic N) is 2. The lowest BCUT2D eigenvalue weighted by molar-refractivity contribution is -0.230. The van der Waals surface area contributed by atoms with E-state index >= 15 is 0 Å². The van der Waals surface area contributed by atoms with E-state index in [0.29, 0.717) is 0 Å². The van der Waals surface area contributed by atoms with Crippen molar-refractivity contribution in [3.05, 3.63) is 11.8 Å². The molecule has 27 heavy (non-hydrogen) atoms. The van der Waals surface area contributed by atoms with Crippen LogP contribution in [-0.2, 0) is 39.5 Å².